The summed E-state index contributed by atoms with van der Waals surface area (Å²) in [7, 11) is -3.05. The van der Waals surface area contributed by atoms with E-state index in [1.54, 1.807) is 4.90 Å². The number of carboxylic acid groups (broad SMARTS) is 1. The van der Waals surface area contributed by atoms with Gasteiger partial charge < -0.3 is 15.3 Å². The Labute approximate surface area is 175 Å². The number of carbonyl (C=O) groups is 2. The normalized spacial score (nSPS) is 24.5. The molecule has 2 N–H and O–H groups in total. The molecule has 176 valence electrons. The van der Waals surface area contributed by atoms with Crippen molar-refractivity contribution in [3.63, 3.8) is 0 Å². The topological polar surface area (TPSA) is 107 Å². The summed E-state index contributed by atoms with van der Waals surface area (Å²) in [4.78, 5) is 25.2. The Morgan fingerprint density at radius 1 is 1.10 bits per heavy atom. The molecule has 0 aromatic carbocycles. The molecule has 2 amide bonds. The smallest absolute Gasteiger partial charge is 0.475 e. The van der Waals surface area contributed by atoms with Crippen LogP contribution in [0.1, 0.15) is 40.5 Å². The first-order valence-corrected chi connectivity index (χ1v) is 11.7. The first-order valence-electron chi connectivity index (χ1n) is 9.96. The number of hydrogen-bond acceptors (Lipinski definition) is 5. The van der Waals surface area contributed by atoms with Crippen LogP contribution in [0.15, 0.2) is 0 Å². The van der Waals surface area contributed by atoms with Gasteiger partial charge in [-0.25, -0.2) is 18.0 Å². The molecule has 0 saturated carbocycles. The monoisotopic (exact) mass is 459 g/mol. The van der Waals surface area contributed by atoms with Crippen molar-refractivity contribution in [3.8, 4) is 0 Å². The number of fused-ring (bicyclic) bond motifs is 1. The summed E-state index contributed by atoms with van der Waals surface area (Å²) in [5.74, 6) is -1.99. The van der Waals surface area contributed by atoms with E-state index in [2.05, 4.69) is 24.1 Å². The maximum Gasteiger partial charge on any atom is 0.490 e. The number of carbonyl (C=O) groups excluding carboxylic acids is 1. The van der Waals surface area contributed by atoms with E-state index in [0.29, 0.717) is 32.0 Å². The minimum Gasteiger partial charge on any atom is -0.475 e. The van der Waals surface area contributed by atoms with Crippen molar-refractivity contribution in [1.82, 2.24) is 15.1 Å². The van der Waals surface area contributed by atoms with E-state index in [1.807, 2.05) is 13.8 Å². The zero-order valence-corrected chi connectivity index (χ0v) is 18.6. The predicted octanol–water partition coefficient (Wildman–Crippen LogP) is 1.96. The van der Waals surface area contributed by atoms with Crippen molar-refractivity contribution < 1.29 is 36.3 Å². The van der Waals surface area contributed by atoms with Gasteiger partial charge in [0.25, 0.3) is 0 Å². The second kappa shape index (κ2) is 10.7. The predicted molar refractivity (Wildman–Crippen MR) is 106 cm³/mol. The van der Waals surface area contributed by atoms with E-state index in [1.165, 1.54) is 0 Å². The summed E-state index contributed by atoms with van der Waals surface area (Å²) in [6.45, 7) is 10.9. The molecule has 0 bridgehead atoms. The number of sulfone groups is 1. The number of rotatable bonds is 3. The summed E-state index contributed by atoms with van der Waals surface area (Å²) in [6, 6.07) is 0.0636. The Kier molecular flexibility index (Phi) is 9.40. The van der Waals surface area contributed by atoms with Gasteiger partial charge in [0.05, 0.1) is 11.0 Å². The summed E-state index contributed by atoms with van der Waals surface area (Å²) in [5, 5.41) is 9.71. The molecular weight excluding hydrogens is 427 g/mol. The largest absolute Gasteiger partial charge is 0.490 e. The van der Waals surface area contributed by atoms with Crippen LogP contribution in [-0.2, 0) is 14.6 Å². The average molecular weight is 460 g/mol. The molecule has 0 aromatic heterocycles. The van der Waals surface area contributed by atoms with Gasteiger partial charge in [-0.1, -0.05) is 13.8 Å². The highest BCUT2D eigenvalue weighted by atomic mass is 32.2. The highest BCUT2D eigenvalue weighted by molar-refractivity contribution is 7.92. The molecule has 2 aliphatic heterocycles. The third-order valence-electron chi connectivity index (χ3n) is 4.94. The van der Waals surface area contributed by atoms with Crippen molar-refractivity contribution in [2.24, 2.45) is 5.92 Å². The van der Waals surface area contributed by atoms with Crippen LogP contribution in [-0.4, -0.2) is 90.8 Å². The quantitative estimate of drug-likeness (QED) is 0.668. The molecule has 2 atom stereocenters. The lowest BCUT2D eigenvalue weighted by molar-refractivity contribution is -0.192. The number of alkyl halides is 3. The highest BCUT2D eigenvalue weighted by Crippen LogP contribution is 2.28. The van der Waals surface area contributed by atoms with Crippen LogP contribution in [0.5, 0.6) is 0 Å². The van der Waals surface area contributed by atoms with Crippen molar-refractivity contribution in [2.75, 3.05) is 31.9 Å². The number of hydrogen-bond donors (Lipinski definition) is 2. The second-order valence-corrected chi connectivity index (χ2v) is 10.7. The van der Waals surface area contributed by atoms with Crippen LogP contribution < -0.4 is 5.32 Å². The first kappa shape index (κ1) is 26.5. The number of halogens is 3. The minimum absolute atomic E-state index is 0.0491. The van der Waals surface area contributed by atoms with Crippen LogP contribution in [0.25, 0.3) is 0 Å². The third-order valence-corrected chi connectivity index (χ3v) is 7.17. The Hall–Kier alpha value is -1.56. The molecule has 0 aliphatic carbocycles. The number of nitrogens with one attached hydrogen (secondary N) is 1. The van der Waals surface area contributed by atoms with Crippen LogP contribution in [0, 0.1) is 5.92 Å². The Morgan fingerprint density at radius 2 is 1.63 bits per heavy atom. The molecule has 2 heterocycles. The fraction of sp³-hybridized carbons (Fsp3) is 0.889. The Morgan fingerprint density at radius 3 is 2.10 bits per heavy atom. The van der Waals surface area contributed by atoms with Crippen molar-refractivity contribution in [3.05, 3.63) is 0 Å². The maximum absolute atomic E-state index is 12.5. The molecule has 0 aromatic rings. The summed E-state index contributed by atoms with van der Waals surface area (Å²) in [6.07, 6.45) is -3.80. The van der Waals surface area contributed by atoms with Crippen LogP contribution in [0.2, 0.25) is 0 Å². The molecule has 2 saturated heterocycles. The lowest BCUT2D eigenvalue weighted by Gasteiger charge is -2.40. The molecule has 12 heteroatoms. The molecule has 0 unspecified atom stereocenters. The zero-order valence-electron chi connectivity index (χ0n) is 17.8. The van der Waals surface area contributed by atoms with Gasteiger partial charge in [0.1, 0.15) is 0 Å². The molecule has 2 fully saturated rings. The van der Waals surface area contributed by atoms with E-state index in [-0.39, 0.29) is 29.1 Å². The first-order chi connectivity index (χ1) is 13.6. The van der Waals surface area contributed by atoms with Gasteiger partial charge in [0.15, 0.2) is 9.84 Å². The van der Waals surface area contributed by atoms with Gasteiger partial charge in [-0.05, 0) is 32.6 Å². The van der Waals surface area contributed by atoms with Crippen LogP contribution in [0.3, 0.4) is 0 Å². The zero-order chi connectivity index (χ0) is 23.3. The van der Waals surface area contributed by atoms with Gasteiger partial charge in [-0.15, -0.1) is 0 Å². The summed E-state index contributed by atoms with van der Waals surface area (Å²) < 4.78 is 56.8. The highest BCUT2D eigenvalue weighted by Gasteiger charge is 2.43. The molecule has 2 aliphatic rings. The van der Waals surface area contributed by atoms with E-state index in [4.69, 9.17) is 9.90 Å². The van der Waals surface area contributed by atoms with Crippen molar-refractivity contribution in [2.45, 2.75) is 64.0 Å². The summed E-state index contributed by atoms with van der Waals surface area (Å²) in [5.41, 5.74) is 0. The number of urea groups is 1. The minimum atomic E-state index is -5.08. The van der Waals surface area contributed by atoms with E-state index in [9.17, 15) is 26.4 Å². The number of likely N-dealkylation sites (tertiary alicyclic amines) is 1. The van der Waals surface area contributed by atoms with Gasteiger partial charge in [0.2, 0.25) is 0 Å². The van der Waals surface area contributed by atoms with Crippen molar-refractivity contribution in [1.29, 1.82) is 0 Å². The van der Waals surface area contributed by atoms with E-state index >= 15 is 0 Å². The molecular formula is C18H32F3N3O5S. The molecule has 2 rings (SSSR count). The third kappa shape index (κ3) is 7.93. The Balaban J connectivity index is 0.000000553. The van der Waals surface area contributed by atoms with Gasteiger partial charge in [0, 0.05) is 38.3 Å². The second-order valence-electron chi connectivity index (χ2n) is 8.33. The number of aliphatic carboxylic acids is 1. The van der Waals surface area contributed by atoms with Gasteiger partial charge in [-0.3, -0.25) is 4.90 Å². The van der Waals surface area contributed by atoms with Crippen LogP contribution in [0.4, 0.5) is 18.0 Å². The average Bonchev–Trinajstić information content (AvgIpc) is 2.80. The molecule has 30 heavy (non-hydrogen) atoms. The molecule has 8 nitrogen and oxygen atoms in total. The Bertz CT molecular complexity index is 698. The number of amides is 2. The SMILES string of the molecule is CC(C)CN1CCS(=O)(=O)[C@@H]2CCN(C(=O)NC(C)C)CC[C@@H]21.O=C(O)C(F)(F)F. The number of nitrogens with zero attached hydrogens (tertiary/aromatic N) is 2. The van der Waals surface area contributed by atoms with E-state index < -0.39 is 22.0 Å². The van der Waals surface area contributed by atoms with Crippen molar-refractivity contribution >= 4 is 21.8 Å². The van der Waals surface area contributed by atoms with E-state index in [0.717, 1.165) is 13.0 Å². The lowest BCUT2D eigenvalue weighted by atomic mass is 10.0. The molecule has 0 spiro atoms. The fourth-order valence-corrected chi connectivity index (χ4v) is 5.74. The maximum atomic E-state index is 12.5. The lowest BCUT2D eigenvalue weighted by Crippen LogP contribution is -2.55. The molecule has 0 radical (unpaired) electrons. The number of carboxylic acids is 1. The van der Waals surface area contributed by atoms with Gasteiger partial charge in [-0.2, -0.15) is 13.2 Å². The standard InChI is InChI=1S/C16H31N3O3S.C2HF3O2/c1-12(2)11-19-9-10-23(21,22)15-6-8-18(7-5-14(15)19)16(20)17-13(3)4;3-2(4,5)1(6)7/h12-15H,5-11H2,1-4H3,(H,17,20);(H,6,7)/t14-,15+;/m0./s1. The fourth-order valence-electron chi connectivity index (χ4n) is 3.70. The van der Waals surface area contributed by atoms with Gasteiger partial charge >= 0.3 is 18.2 Å². The van der Waals surface area contributed by atoms with Crippen LogP contribution >= 0.6 is 0 Å². The summed E-state index contributed by atoms with van der Waals surface area (Å²) >= 11 is 0.